The lowest BCUT2D eigenvalue weighted by atomic mass is 10.0. The van der Waals surface area contributed by atoms with E-state index in [-0.39, 0.29) is 11.3 Å². The Balaban J connectivity index is 2.09. The number of aromatic hydroxyl groups is 1. The first-order chi connectivity index (χ1) is 12.1. The van der Waals surface area contributed by atoms with Crippen LogP contribution in [0.25, 0.3) is 32.5 Å². The lowest BCUT2D eigenvalue weighted by molar-refractivity contribution is 0.483. The smallest absolute Gasteiger partial charge is 0.260 e. The van der Waals surface area contributed by atoms with Crippen molar-refractivity contribution < 1.29 is 9.50 Å². The molecule has 124 valence electrons. The van der Waals surface area contributed by atoms with Crippen molar-refractivity contribution in [1.82, 2.24) is 4.98 Å². The molecule has 0 bridgehead atoms. The number of H-pyrrole nitrogens is 1. The predicted molar refractivity (Wildman–Crippen MR) is 100.0 cm³/mol. The van der Waals surface area contributed by atoms with Crippen LogP contribution < -0.4 is 5.56 Å². The number of aromatic amines is 1. The van der Waals surface area contributed by atoms with Gasteiger partial charge in [-0.1, -0.05) is 54.1 Å². The van der Waals surface area contributed by atoms with Gasteiger partial charge in [0.15, 0.2) is 0 Å². The minimum atomic E-state index is -0.492. The number of hydrogen-bond donors (Lipinski definition) is 2. The number of pyridine rings is 1. The molecule has 0 fully saturated rings. The van der Waals surface area contributed by atoms with Crippen molar-refractivity contribution >= 4 is 33.2 Å². The van der Waals surface area contributed by atoms with Crippen LogP contribution in [0.2, 0.25) is 4.34 Å². The van der Waals surface area contributed by atoms with Crippen LogP contribution in [0.15, 0.2) is 59.4 Å². The van der Waals surface area contributed by atoms with Crippen LogP contribution in [0.5, 0.6) is 5.75 Å². The summed E-state index contributed by atoms with van der Waals surface area (Å²) in [5.41, 5.74) is 1.31. The van der Waals surface area contributed by atoms with Gasteiger partial charge < -0.3 is 10.1 Å². The molecule has 0 saturated carbocycles. The molecule has 2 heterocycles. The zero-order valence-corrected chi connectivity index (χ0v) is 14.3. The van der Waals surface area contributed by atoms with E-state index < -0.39 is 11.4 Å². The van der Waals surface area contributed by atoms with Crippen LogP contribution in [0, 0.1) is 5.82 Å². The Morgan fingerprint density at radius 2 is 1.72 bits per heavy atom. The number of aromatic nitrogens is 1. The molecule has 0 aliphatic carbocycles. The number of fused-ring (bicyclic) bond motifs is 1. The highest BCUT2D eigenvalue weighted by Gasteiger charge is 2.21. The van der Waals surface area contributed by atoms with E-state index in [1.165, 1.54) is 29.5 Å². The minimum absolute atomic E-state index is 0.0265. The van der Waals surface area contributed by atoms with E-state index >= 15 is 0 Å². The van der Waals surface area contributed by atoms with Gasteiger partial charge >= 0.3 is 0 Å². The van der Waals surface area contributed by atoms with Gasteiger partial charge in [-0.25, -0.2) is 4.39 Å². The van der Waals surface area contributed by atoms with E-state index in [4.69, 9.17) is 11.6 Å². The molecule has 0 amide bonds. The van der Waals surface area contributed by atoms with E-state index in [1.807, 2.05) is 30.3 Å². The monoisotopic (exact) mass is 371 g/mol. The summed E-state index contributed by atoms with van der Waals surface area (Å²) in [5.74, 6) is -0.686. The summed E-state index contributed by atoms with van der Waals surface area (Å²) >= 11 is 7.56. The first-order valence-corrected chi connectivity index (χ1v) is 8.64. The number of halogens is 2. The van der Waals surface area contributed by atoms with Gasteiger partial charge in [-0.3, -0.25) is 4.79 Å². The van der Waals surface area contributed by atoms with Crippen LogP contribution in [0.3, 0.4) is 0 Å². The molecule has 0 aliphatic heterocycles. The van der Waals surface area contributed by atoms with Crippen molar-refractivity contribution in [3.63, 3.8) is 0 Å². The average Bonchev–Trinajstić information content (AvgIpc) is 2.92. The SMILES string of the molecule is O=c1[nH]c2sc(Cl)c(-c3ccccc3)c2c(O)c1-c1cccc(F)c1. The van der Waals surface area contributed by atoms with Crippen molar-refractivity contribution in [1.29, 1.82) is 0 Å². The van der Waals surface area contributed by atoms with Crippen molar-refractivity contribution in [3.8, 4) is 28.0 Å². The molecule has 0 unspecified atom stereocenters. The lowest BCUT2D eigenvalue weighted by Gasteiger charge is -2.08. The number of thiophene rings is 1. The average molecular weight is 372 g/mol. The first kappa shape index (κ1) is 15.9. The van der Waals surface area contributed by atoms with Crippen LogP contribution >= 0.6 is 22.9 Å². The third-order valence-electron chi connectivity index (χ3n) is 3.97. The van der Waals surface area contributed by atoms with E-state index in [0.29, 0.717) is 25.7 Å². The molecule has 0 radical (unpaired) electrons. The Labute approximate surface area is 151 Å². The van der Waals surface area contributed by atoms with Crippen LogP contribution in [0.1, 0.15) is 0 Å². The normalized spacial score (nSPS) is 11.1. The Morgan fingerprint density at radius 1 is 1.00 bits per heavy atom. The fourth-order valence-corrected chi connectivity index (χ4v) is 4.27. The van der Waals surface area contributed by atoms with Crippen molar-refractivity contribution in [2.24, 2.45) is 0 Å². The highest BCUT2D eigenvalue weighted by atomic mass is 35.5. The Bertz CT molecular complexity index is 1150. The summed E-state index contributed by atoms with van der Waals surface area (Å²) in [6.45, 7) is 0. The molecule has 2 N–H and O–H groups in total. The molecule has 2 aromatic carbocycles. The Kier molecular flexibility index (Phi) is 3.82. The topological polar surface area (TPSA) is 53.1 Å². The highest BCUT2D eigenvalue weighted by Crippen LogP contribution is 2.46. The number of nitrogens with one attached hydrogen (secondary N) is 1. The molecule has 3 nitrogen and oxygen atoms in total. The highest BCUT2D eigenvalue weighted by molar-refractivity contribution is 7.23. The van der Waals surface area contributed by atoms with Crippen LogP contribution in [-0.2, 0) is 0 Å². The predicted octanol–water partition coefficient (Wildman–Crippen LogP) is 5.42. The number of hydrogen-bond acceptors (Lipinski definition) is 3. The lowest BCUT2D eigenvalue weighted by Crippen LogP contribution is -2.08. The first-order valence-electron chi connectivity index (χ1n) is 7.45. The molecule has 25 heavy (non-hydrogen) atoms. The van der Waals surface area contributed by atoms with Gasteiger partial charge in [-0.2, -0.15) is 0 Å². The summed E-state index contributed by atoms with van der Waals surface area (Å²) in [5, 5.41) is 11.3. The quantitative estimate of drug-likeness (QED) is 0.494. The Hall–Kier alpha value is -2.63. The van der Waals surface area contributed by atoms with E-state index in [0.717, 1.165) is 5.56 Å². The fraction of sp³-hybridized carbons (Fsp3) is 0. The standard InChI is InChI=1S/C19H11ClFNO2S/c20-17-13(10-5-2-1-3-6-10)15-16(23)14(18(24)22-19(15)25-17)11-7-4-8-12(21)9-11/h1-9H,(H2,22,23,24). The zero-order valence-electron chi connectivity index (χ0n) is 12.7. The van der Waals surface area contributed by atoms with Crippen LogP contribution in [-0.4, -0.2) is 10.1 Å². The summed E-state index contributed by atoms with van der Waals surface area (Å²) in [4.78, 5) is 15.7. The summed E-state index contributed by atoms with van der Waals surface area (Å²) in [6, 6.07) is 14.9. The van der Waals surface area contributed by atoms with Gasteiger partial charge in [0, 0.05) is 5.56 Å². The van der Waals surface area contributed by atoms with Crippen LogP contribution in [0.4, 0.5) is 4.39 Å². The van der Waals surface area contributed by atoms with Gasteiger partial charge in [0.2, 0.25) is 0 Å². The molecule has 0 aliphatic rings. The van der Waals surface area contributed by atoms with Crippen molar-refractivity contribution in [2.75, 3.05) is 0 Å². The largest absolute Gasteiger partial charge is 0.506 e. The molecule has 0 spiro atoms. The fourth-order valence-electron chi connectivity index (χ4n) is 2.89. The summed E-state index contributed by atoms with van der Waals surface area (Å²) < 4.78 is 14.0. The summed E-state index contributed by atoms with van der Waals surface area (Å²) in [6.07, 6.45) is 0. The van der Waals surface area contributed by atoms with Gasteiger partial charge in [-0.15, -0.1) is 11.3 Å². The summed E-state index contributed by atoms with van der Waals surface area (Å²) in [7, 11) is 0. The molecule has 6 heteroatoms. The molecular formula is C19H11ClFNO2S. The van der Waals surface area contributed by atoms with Crippen molar-refractivity contribution in [2.45, 2.75) is 0 Å². The molecular weight excluding hydrogens is 361 g/mol. The number of rotatable bonds is 2. The molecule has 4 rings (SSSR count). The second-order valence-corrected chi connectivity index (χ2v) is 7.13. The van der Waals surface area contributed by atoms with Gasteiger partial charge in [0.25, 0.3) is 5.56 Å². The maximum atomic E-state index is 13.6. The molecule has 2 aromatic heterocycles. The van der Waals surface area contributed by atoms with E-state index in [9.17, 15) is 14.3 Å². The zero-order chi connectivity index (χ0) is 17.6. The third-order valence-corrected chi connectivity index (χ3v) is 5.28. The van der Waals surface area contributed by atoms with Gasteiger partial charge in [-0.05, 0) is 23.3 Å². The second-order valence-electron chi connectivity index (χ2n) is 5.51. The second kappa shape index (κ2) is 6.02. The molecule has 4 aromatic rings. The Morgan fingerprint density at radius 3 is 2.44 bits per heavy atom. The van der Waals surface area contributed by atoms with E-state index in [2.05, 4.69) is 4.98 Å². The third kappa shape index (κ3) is 2.62. The number of benzene rings is 2. The molecule has 0 atom stereocenters. The van der Waals surface area contributed by atoms with E-state index in [1.54, 1.807) is 6.07 Å². The van der Waals surface area contributed by atoms with Gasteiger partial charge in [0.05, 0.1) is 10.9 Å². The molecule has 0 saturated heterocycles. The minimum Gasteiger partial charge on any atom is -0.506 e. The maximum absolute atomic E-state index is 13.6. The maximum Gasteiger partial charge on any atom is 0.260 e. The van der Waals surface area contributed by atoms with Gasteiger partial charge in [0.1, 0.15) is 20.7 Å². The van der Waals surface area contributed by atoms with Crippen molar-refractivity contribution in [3.05, 3.63) is 75.1 Å².